The first-order chi connectivity index (χ1) is 11.0. The van der Waals surface area contributed by atoms with E-state index in [9.17, 15) is 4.79 Å². The maximum atomic E-state index is 12.4. The molecule has 5 heteroatoms. The van der Waals surface area contributed by atoms with Crippen molar-refractivity contribution >= 4 is 17.3 Å². The zero-order valence-corrected chi connectivity index (χ0v) is 13.5. The molecule has 0 radical (unpaired) electrons. The molecule has 0 bridgehead atoms. The van der Waals surface area contributed by atoms with Crippen LogP contribution in [0.5, 0.6) is 11.5 Å². The predicted octanol–water partition coefficient (Wildman–Crippen LogP) is 3.47. The number of amides is 1. The molecule has 1 heterocycles. The minimum atomic E-state index is -0.360. The molecule has 2 aromatic carbocycles. The number of ether oxygens (including phenoxy) is 2. The molecule has 120 valence electrons. The van der Waals surface area contributed by atoms with Crippen LogP contribution in [0.25, 0.3) is 0 Å². The van der Waals surface area contributed by atoms with Crippen LogP contribution in [0.15, 0.2) is 36.4 Å². The number of carbonyl (C=O) groups is 1. The highest BCUT2D eigenvalue weighted by molar-refractivity contribution is 5.96. The Morgan fingerprint density at radius 1 is 1.13 bits per heavy atom. The van der Waals surface area contributed by atoms with Gasteiger partial charge in [0, 0.05) is 17.4 Å². The van der Waals surface area contributed by atoms with Gasteiger partial charge in [0.15, 0.2) is 11.5 Å². The molecule has 5 nitrogen and oxygen atoms in total. The van der Waals surface area contributed by atoms with Crippen LogP contribution < -0.4 is 20.1 Å². The van der Waals surface area contributed by atoms with E-state index >= 15 is 0 Å². The van der Waals surface area contributed by atoms with E-state index in [1.165, 1.54) is 5.56 Å². The fourth-order valence-electron chi connectivity index (χ4n) is 2.43. The SMILES string of the molecule is Cc1cccc(N[C@H](C)C(=O)Nc2ccc3c(c2)OCO3)c1C. The van der Waals surface area contributed by atoms with Crippen molar-refractivity contribution in [1.82, 2.24) is 0 Å². The third-order valence-electron chi connectivity index (χ3n) is 4.01. The lowest BCUT2D eigenvalue weighted by atomic mass is 10.1. The lowest BCUT2D eigenvalue weighted by Crippen LogP contribution is -2.32. The van der Waals surface area contributed by atoms with Gasteiger partial charge in [-0.3, -0.25) is 4.79 Å². The van der Waals surface area contributed by atoms with Gasteiger partial charge in [-0.05, 0) is 50.1 Å². The monoisotopic (exact) mass is 312 g/mol. The lowest BCUT2D eigenvalue weighted by Gasteiger charge is -2.18. The normalized spacial score (nSPS) is 13.5. The first kappa shape index (κ1) is 15.2. The highest BCUT2D eigenvalue weighted by atomic mass is 16.7. The van der Waals surface area contributed by atoms with Crippen LogP contribution in [0, 0.1) is 13.8 Å². The second kappa shape index (κ2) is 6.20. The molecule has 1 aliphatic heterocycles. The summed E-state index contributed by atoms with van der Waals surface area (Å²) in [6.07, 6.45) is 0. The second-order valence-corrected chi connectivity index (χ2v) is 5.67. The molecule has 23 heavy (non-hydrogen) atoms. The van der Waals surface area contributed by atoms with Crippen LogP contribution in [0.2, 0.25) is 0 Å². The molecule has 0 saturated carbocycles. The summed E-state index contributed by atoms with van der Waals surface area (Å²) in [5.74, 6) is 1.24. The van der Waals surface area contributed by atoms with Crippen molar-refractivity contribution in [3.63, 3.8) is 0 Å². The van der Waals surface area contributed by atoms with Crippen LogP contribution in [-0.4, -0.2) is 18.7 Å². The highest BCUT2D eigenvalue weighted by Crippen LogP contribution is 2.34. The first-order valence-electron chi connectivity index (χ1n) is 7.58. The predicted molar refractivity (Wildman–Crippen MR) is 90.2 cm³/mol. The summed E-state index contributed by atoms with van der Waals surface area (Å²) in [7, 11) is 0. The molecule has 1 aliphatic rings. The van der Waals surface area contributed by atoms with Crippen LogP contribution in [0.4, 0.5) is 11.4 Å². The first-order valence-corrected chi connectivity index (χ1v) is 7.58. The molecule has 0 saturated heterocycles. The molecular formula is C18H20N2O3. The second-order valence-electron chi connectivity index (χ2n) is 5.67. The zero-order chi connectivity index (χ0) is 16.4. The van der Waals surface area contributed by atoms with E-state index < -0.39 is 0 Å². The Balaban J connectivity index is 1.67. The van der Waals surface area contributed by atoms with E-state index in [-0.39, 0.29) is 18.7 Å². The van der Waals surface area contributed by atoms with Crippen molar-refractivity contribution in [2.24, 2.45) is 0 Å². The van der Waals surface area contributed by atoms with Gasteiger partial charge in [-0.25, -0.2) is 0 Å². The molecule has 2 aromatic rings. The largest absolute Gasteiger partial charge is 0.454 e. The average Bonchev–Trinajstić information content (AvgIpc) is 2.99. The Kier molecular flexibility index (Phi) is 4.10. The van der Waals surface area contributed by atoms with Crippen molar-refractivity contribution in [1.29, 1.82) is 0 Å². The summed E-state index contributed by atoms with van der Waals surface area (Å²) in [5.41, 5.74) is 4.00. The van der Waals surface area contributed by atoms with Crippen molar-refractivity contribution in [3.8, 4) is 11.5 Å². The number of carbonyl (C=O) groups excluding carboxylic acids is 1. The fraction of sp³-hybridized carbons (Fsp3) is 0.278. The molecule has 2 N–H and O–H groups in total. The van der Waals surface area contributed by atoms with E-state index in [1.54, 1.807) is 18.2 Å². The molecule has 1 atom stereocenters. The van der Waals surface area contributed by atoms with E-state index in [0.717, 1.165) is 11.3 Å². The zero-order valence-electron chi connectivity index (χ0n) is 13.5. The van der Waals surface area contributed by atoms with Gasteiger partial charge in [0.1, 0.15) is 6.04 Å². The Bertz CT molecular complexity index is 743. The number of fused-ring (bicyclic) bond motifs is 1. The lowest BCUT2D eigenvalue weighted by molar-refractivity contribution is -0.116. The van der Waals surface area contributed by atoms with Crippen LogP contribution >= 0.6 is 0 Å². The molecule has 3 rings (SSSR count). The van der Waals surface area contributed by atoms with Gasteiger partial charge < -0.3 is 20.1 Å². The summed E-state index contributed by atoms with van der Waals surface area (Å²) >= 11 is 0. The van der Waals surface area contributed by atoms with Crippen LogP contribution in [-0.2, 0) is 4.79 Å². The maximum absolute atomic E-state index is 12.4. The van der Waals surface area contributed by atoms with Gasteiger partial charge in [-0.1, -0.05) is 12.1 Å². The number of anilines is 2. The molecule has 0 spiro atoms. The molecule has 0 aromatic heterocycles. The third-order valence-corrected chi connectivity index (χ3v) is 4.01. The number of nitrogens with one attached hydrogen (secondary N) is 2. The summed E-state index contributed by atoms with van der Waals surface area (Å²) in [6, 6.07) is 11.0. The van der Waals surface area contributed by atoms with Gasteiger partial charge in [0.25, 0.3) is 0 Å². The molecular weight excluding hydrogens is 292 g/mol. The topological polar surface area (TPSA) is 59.6 Å². The van der Waals surface area contributed by atoms with Gasteiger partial charge in [-0.2, -0.15) is 0 Å². The van der Waals surface area contributed by atoms with Gasteiger partial charge in [0.05, 0.1) is 0 Å². The Labute approximate surface area is 135 Å². The van der Waals surface area contributed by atoms with Crippen molar-refractivity contribution in [2.75, 3.05) is 17.4 Å². The number of benzene rings is 2. The van der Waals surface area contributed by atoms with E-state index in [1.807, 2.05) is 26.0 Å². The smallest absolute Gasteiger partial charge is 0.246 e. The maximum Gasteiger partial charge on any atom is 0.246 e. The summed E-state index contributed by atoms with van der Waals surface area (Å²) in [5, 5.41) is 6.14. The Hall–Kier alpha value is -2.69. The van der Waals surface area contributed by atoms with Crippen molar-refractivity contribution in [3.05, 3.63) is 47.5 Å². The minimum absolute atomic E-state index is 0.107. The van der Waals surface area contributed by atoms with Gasteiger partial charge >= 0.3 is 0 Å². The third kappa shape index (κ3) is 3.23. The number of aryl methyl sites for hydroxylation is 1. The molecule has 0 fully saturated rings. The van der Waals surface area contributed by atoms with Crippen molar-refractivity contribution in [2.45, 2.75) is 26.8 Å². The quantitative estimate of drug-likeness (QED) is 0.907. The van der Waals surface area contributed by atoms with Crippen LogP contribution in [0.1, 0.15) is 18.1 Å². The van der Waals surface area contributed by atoms with E-state index in [0.29, 0.717) is 17.2 Å². The average molecular weight is 312 g/mol. The number of hydrogen-bond acceptors (Lipinski definition) is 4. The highest BCUT2D eigenvalue weighted by Gasteiger charge is 2.17. The molecule has 0 unspecified atom stereocenters. The fourth-order valence-corrected chi connectivity index (χ4v) is 2.43. The molecule has 1 amide bonds. The number of rotatable bonds is 4. The summed E-state index contributed by atoms with van der Waals surface area (Å²) in [6.45, 7) is 6.15. The van der Waals surface area contributed by atoms with Crippen molar-refractivity contribution < 1.29 is 14.3 Å². The summed E-state index contributed by atoms with van der Waals surface area (Å²) < 4.78 is 10.6. The molecule has 0 aliphatic carbocycles. The van der Waals surface area contributed by atoms with E-state index in [4.69, 9.17) is 9.47 Å². The summed E-state index contributed by atoms with van der Waals surface area (Å²) in [4.78, 5) is 12.4. The number of hydrogen-bond donors (Lipinski definition) is 2. The van der Waals surface area contributed by atoms with E-state index in [2.05, 4.69) is 23.6 Å². The minimum Gasteiger partial charge on any atom is -0.454 e. The Morgan fingerprint density at radius 3 is 2.74 bits per heavy atom. The van der Waals surface area contributed by atoms with Crippen LogP contribution in [0.3, 0.4) is 0 Å². The Morgan fingerprint density at radius 2 is 1.91 bits per heavy atom. The van der Waals surface area contributed by atoms with Gasteiger partial charge in [-0.15, -0.1) is 0 Å². The standard InChI is InChI=1S/C18H20N2O3/c1-11-5-4-6-15(12(11)2)19-13(3)18(21)20-14-7-8-16-17(9-14)23-10-22-16/h4-9,13,19H,10H2,1-3H3,(H,20,21)/t13-/m1/s1. The van der Waals surface area contributed by atoms with Gasteiger partial charge in [0.2, 0.25) is 12.7 Å².